The number of allylic oxidation sites excluding steroid dienone is 1. The number of carbonyl (C=O) groups is 1. The van der Waals surface area contributed by atoms with Crippen molar-refractivity contribution in [2.45, 2.75) is 53.4 Å². The molecule has 0 radical (unpaired) electrons. The predicted octanol–water partition coefficient (Wildman–Crippen LogP) is 6.79. The molecule has 3 aromatic carbocycles. The Morgan fingerprint density at radius 2 is 1.80 bits per heavy atom. The van der Waals surface area contributed by atoms with Crippen LogP contribution < -0.4 is 29.1 Å². The zero-order chi connectivity index (χ0) is 33.1. The molecule has 0 N–H and O–H groups in total. The molecule has 240 valence electrons. The Hall–Kier alpha value is -4.05. The number of benzene rings is 3. The van der Waals surface area contributed by atoms with Crippen molar-refractivity contribution >= 4 is 46.6 Å². The molecule has 46 heavy (non-hydrogen) atoms. The average molecular weight is 682 g/mol. The largest absolute Gasteiger partial charge is 0.493 e. The lowest BCUT2D eigenvalue weighted by Gasteiger charge is -2.25. The van der Waals surface area contributed by atoms with Crippen LogP contribution in [0.5, 0.6) is 17.2 Å². The van der Waals surface area contributed by atoms with Gasteiger partial charge in [0.2, 0.25) is 0 Å². The minimum atomic E-state index is -0.816. The smallest absolute Gasteiger partial charge is 0.338 e. The molecule has 0 bridgehead atoms. The topological polar surface area (TPSA) is 88.4 Å². The summed E-state index contributed by atoms with van der Waals surface area (Å²) in [7, 11) is 1.54. The van der Waals surface area contributed by atoms with Crippen molar-refractivity contribution in [1.29, 1.82) is 0 Å². The molecular formula is C35H34Cl2N2O6S. The first-order valence-corrected chi connectivity index (χ1v) is 16.3. The van der Waals surface area contributed by atoms with Crippen LogP contribution in [0.2, 0.25) is 10.0 Å². The van der Waals surface area contributed by atoms with Gasteiger partial charge < -0.3 is 18.9 Å². The molecule has 0 saturated heterocycles. The van der Waals surface area contributed by atoms with E-state index in [2.05, 4.69) is 4.99 Å². The Labute approximate surface area is 281 Å². The van der Waals surface area contributed by atoms with Gasteiger partial charge in [-0.15, -0.1) is 0 Å². The zero-order valence-corrected chi connectivity index (χ0v) is 28.7. The molecule has 4 aromatic rings. The molecule has 0 spiro atoms. The summed E-state index contributed by atoms with van der Waals surface area (Å²) in [5, 5.41) is 0.626. The van der Waals surface area contributed by atoms with Crippen molar-refractivity contribution in [3.63, 3.8) is 0 Å². The van der Waals surface area contributed by atoms with Crippen molar-refractivity contribution in [2.24, 2.45) is 4.99 Å². The molecule has 1 aliphatic rings. The van der Waals surface area contributed by atoms with Crippen LogP contribution in [-0.2, 0) is 16.1 Å². The number of fused-ring (bicyclic) bond motifs is 1. The monoisotopic (exact) mass is 680 g/mol. The van der Waals surface area contributed by atoms with E-state index in [1.807, 2.05) is 51.1 Å². The molecule has 1 atom stereocenters. The molecule has 0 fully saturated rings. The van der Waals surface area contributed by atoms with Gasteiger partial charge in [-0.2, -0.15) is 0 Å². The summed E-state index contributed by atoms with van der Waals surface area (Å²) in [6, 6.07) is 15.9. The van der Waals surface area contributed by atoms with E-state index in [-0.39, 0.29) is 23.8 Å². The number of esters is 1. The standard InChI is InChI=1S/C35H34Cl2N2O6S/c1-7-43-34(41)30-21(5)38-35-39(31(30)24-11-12-27(45-19(2)3)28(17-24)42-6)33(40)29(46-35)16-23-14-25(36)32(26(37)15-23)44-18-22-10-8-9-20(4)13-22/h8-17,19,31H,7,18H2,1-6H3/b29-16-/t31-/m1/s1. The predicted molar refractivity (Wildman–Crippen MR) is 181 cm³/mol. The molecule has 5 rings (SSSR count). The van der Waals surface area contributed by atoms with Gasteiger partial charge in [-0.05, 0) is 81.7 Å². The van der Waals surface area contributed by atoms with Crippen LogP contribution in [0.4, 0.5) is 0 Å². The third-order valence-electron chi connectivity index (χ3n) is 7.17. The molecule has 0 aliphatic carbocycles. The molecule has 1 aromatic heterocycles. The van der Waals surface area contributed by atoms with Gasteiger partial charge in [0.25, 0.3) is 5.56 Å². The Morgan fingerprint density at radius 1 is 1.07 bits per heavy atom. The Bertz CT molecular complexity index is 1990. The van der Waals surface area contributed by atoms with E-state index in [0.29, 0.717) is 60.1 Å². The number of aromatic nitrogens is 1. The number of hydrogen-bond acceptors (Lipinski definition) is 8. The minimum Gasteiger partial charge on any atom is -0.493 e. The summed E-state index contributed by atoms with van der Waals surface area (Å²) >= 11 is 14.4. The maximum atomic E-state index is 14.1. The maximum Gasteiger partial charge on any atom is 0.338 e. The molecule has 11 heteroatoms. The number of ether oxygens (including phenoxy) is 4. The Kier molecular flexibility index (Phi) is 10.3. The lowest BCUT2D eigenvalue weighted by atomic mass is 9.95. The minimum absolute atomic E-state index is 0.0783. The first kappa shape index (κ1) is 33.3. The fourth-order valence-electron chi connectivity index (χ4n) is 5.22. The fraction of sp³-hybridized carbons (Fsp3) is 0.286. The van der Waals surface area contributed by atoms with Crippen molar-refractivity contribution < 1.29 is 23.7 Å². The fourth-order valence-corrected chi connectivity index (χ4v) is 6.88. The number of nitrogens with zero attached hydrogens (tertiary/aromatic N) is 2. The number of rotatable bonds is 10. The summed E-state index contributed by atoms with van der Waals surface area (Å²) in [6.07, 6.45) is 1.62. The van der Waals surface area contributed by atoms with Crippen molar-refractivity contribution in [3.05, 3.63) is 118 Å². The second-order valence-electron chi connectivity index (χ2n) is 11.0. The second kappa shape index (κ2) is 14.2. The highest BCUT2D eigenvalue weighted by Crippen LogP contribution is 2.37. The lowest BCUT2D eigenvalue weighted by molar-refractivity contribution is -0.139. The number of halogens is 2. The molecule has 8 nitrogen and oxygen atoms in total. The van der Waals surface area contributed by atoms with E-state index >= 15 is 0 Å². The summed E-state index contributed by atoms with van der Waals surface area (Å²) in [6.45, 7) is 9.79. The van der Waals surface area contributed by atoms with Gasteiger partial charge in [-0.1, -0.05) is 70.4 Å². The number of aryl methyl sites for hydroxylation is 1. The van der Waals surface area contributed by atoms with Crippen LogP contribution in [-0.4, -0.2) is 30.4 Å². The van der Waals surface area contributed by atoms with Gasteiger partial charge in [0.15, 0.2) is 22.0 Å². The van der Waals surface area contributed by atoms with Crippen LogP contribution >= 0.6 is 34.5 Å². The molecule has 0 unspecified atom stereocenters. The van der Waals surface area contributed by atoms with Crippen molar-refractivity contribution in [3.8, 4) is 17.2 Å². The van der Waals surface area contributed by atoms with Crippen LogP contribution in [0, 0.1) is 6.92 Å². The van der Waals surface area contributed by atoms with Gasteiger partial charge in [0.1, 0.15) is 6.61 Å². The first-order chi connectivity index (χ1) is 22.0. The third-order valence-corrected chi connectivity index (χ3v) is 8.71. The summed E-state index contributed by atoms with van der Waals surface area (Å²) < 4.78 is 24.8. The quantitative estimate of drug-likeness (QED) is 0.172. The lowest BCUT2D eigenvalue weighted by Crippen LogP contribution is -2.40. The van der Waals surface area contributed by atoms with Gasteiger partial charge in [0, 0.05) is 0 Å². The van der Waals surface area contributed by atoms with Gasteiger partial charge in [-0.25, -0.2) is 9.79 Å². The molecule has 1 aliphatic heterocycles. The highest BCUT2D eigenvalue weighted by Gasteiger charge is 2.34. The number of methoxy groups -OCH3 is 1. The number of thiazole rings is 1. The van der Waals surface area contributed by atoms with E-state index in [9.17, 15) is 9.59 Å². The molecular weight excluding hydrogens is 647 g/mol. The van der Waals surface area contributed by atoms with E-state index < -0.39 is 12.0 Å². The van der Waals surface area contributed by atoms with E-state index in [0.717, 1.165) is 11.1 Å². The van der Waals surface area contributed by atoms with Crippen LogP contribution in [0.25, 0.3) is 6.08 Å². The molecule has 2 heterocycles. The van der Waals surface area contributed by atoms with Gasteiger partial charge in [-0.3, -0.25) is 9.36 Å². The number of hydrogen-bond donors (Lipinski definition) is 0. The third kappa shape index (κ3) is 7.02. The van der Waals surface area contributed by atoms with Crippen LogP contribution in [0.1, 0.15) is 56.0 Å². The highest BCUT2D eigenvalue weighted by atomic mass is 35.5. The zero-order valence-electron chi connectivity index (χ0n) is 26.4. The first-order valence-electron chi connectivity index (χ1n) is 14.7. The summed E-state index contributed by atoms with van der Waals surface area (Å²) in [4.78, 5) is 32.5. The average Bonchev–Trinajstić information content (AvgIpc) is 3.29. The van der Waals surface area contributed by atoms with Gasteiger partial charge in [0.05, 0.1) is 51.7 Å². The summed E-state index contributed by atoms with van der Waals surface area (Å²) in [5.41, 5.74) is 3.75. The Balaban J connectivity index is 1.58. The SMILES string of the molecule is CCOC(=O)C1=C(C)N=c2s/c(=C\c3cc(Cl)c(OCc4cccc(C)c4)c(Cl)c3)c(=O)n2[C@@H]1c1ccc(OC(C)C)c(OC)c1. The van der Waals surface area contributed by atoms with Crippen LogP contribution in [0.15, 0.2) is 75.7 Å². The highest BCUT2D eigenvalue weighted by molar-refractivity contribution is 7.07. The summed E-state index contributed by atoms with van der Waals surface area (Å²) in [5.74, 6) is 0.827. The van der Waals surface area contributed by atoms with Gasteiger partial charge >= 0.3 is 5.97 Å². The van der Waals surface area contributed by atoms with Crippen molar-refractivity contribution in [1.82, 2.24) is 4.57 Å². The second-order valence-corrected chi connectivity index (χ2v) is 12.8. The van der Waals surface area contributed by atoms with E-state index in [1.165, 1.54) is 15.9 Å². The Morgan fingerprint density at radius 3 is 2.46 bits per heavy atom. The molecule has 0 amide bonds. The molecule has 0 saturated carbocycles. The maximum absolute atomic E-state index is 14.1. The van der Waals surface area contributed by atoms with Crippen molar-refractivity contribution in [2.75, 3.05) is 13.7 Å². The van der Waals surface area contributed by atoms with E-state index in [1.54, 1.807) is 51.3 Å². The van der Waals surface area contributed by atoms with E-state index in [4.69, 9.17) is 42.1 Å². The number of carbonyl (C=O) groups excluding carboxylic acids is 1. The van der Waals surface area contributed by atoms with Crippen LogP contribution in [0.3, 0.4) is 0 Å². The normalized spacial score (nSPS) is 14.6.